The van der Waals surface area contributed by atoms with E-state index in [2.05, 4.69) is 15.9 Å². The number of carboxylic acids is 1. The van der Waals surface area contributed by atoms with Gasteiger partial charge in [0, 0.05) is 12.1 Å². The molecule has 0 spiro atoms. The van der Waals surface area contributed by atoms with Gasteiger partial charge in [-0.2, -0.15) is 0 Å². The first-order valence-electron chi connectivity index (χ1n) is 5.16. The van der Waals surface area contributed by atoms with Crippen molar-refractivity contribution >= 4 is 27.8 Å². The molecule has 0 aliphatic heterocycles. The molecule has 1 aromatic carbocycles. The van der Waals surface area contributed by atoms with Crippen LogP contribution in [0.2, 0.25) is 0 Å². The molecular weight excluding hydrogens is 326 g/mol. The second-order valence-electron chi connectivity index (χ2n) is 3.83. The molecule has 19 heavy (non-hydrogen) atoms. The van der Waals surface area contributed by atoms with Gasteiger partial charge in [0.05, 0.1) is 17.6 Å². The maximum Gasteiger partial charge on any atom is 0.317 e. The average Bonchev–Trinajstić information content (AvgIpc) is 2.28. The molecule has 0 aromatic heterocycles. The van der Waals surface area contributed by atoms with Crippen LogP contribution in [-0.4, -0.2) is 35.0 Å². The number of aliphatic carboxylic acids is 1. The summed E-state index contributed by atoms with van der Waals surface area (Å²) in [7, 11) is 0. The lowest BCUT2D eigenvalue weighted by Gasteiger charge is -2.19. The van der Waals surface area contributed by atoms with E-state index in [4.69, 9.17) is 10.8 Å². The summed E-state index contributed by atoms with van der Waals surface area (Å²) in [5.41, 5.74) is 4.64. The van der Waals surface area contributed by atoms with Gasteiger partial charge in [-0.3, -0.25) is 14.5 Å². The molecule has 0 aliphatic rings. The van der Waals surface area contributed by atoms with Crippen molar-refractivity contribution in [2.45, 2.75) is 6.54 Å². The summed E-state index contributed by atoms with van der Waals surface area (Å²) >= 11 is 2.90. The van der Waals surface area contributed by atoms with Gasteiger partial charge in [0.15, 0.2) is 0 Å². The van der Waals surface area contributed by atoms with Crippen molar-refractivity contribution in [3.63, 3.8) is 0 Å². The van der Waals surface area contributed by atoms with Crippen LogP contribution in [0.3, 0.4) is 0 Å². The van der Waals surface area contributed by atoms with Gasteiger partial charge in [-0.15, -0.1) is 0 Å². The van der Waals surface area contributed by atoms with E-state index < -0.39 is 36.6 Å². The van der Waals surface area contributed by atoms with Crippen LogP contribution in [0.5, 0.6) is 0 Å². The molecule has 0 fully saturated rings. The number of rotatable bonds is 6. The zero-order valence-corrected chi connectivity index (χ0v) is 11.3. The molecule has 1 rings (SSSR count). The van der Waals surface area contributed by atoms with Crippen molar-refractivity contribution in [1.82, 2.24) is 4.90 Å². The van der Waals surface area contributed by atoms with E-state index in [0.29, 0.717) is 0 Å². The number of carbonyl (C=O) groups excluding carboxylic acids is 1. The topological polar surface area (TPSA) is 83.6 Å². The fraction of sp³-hybridized carbons (Fsp3) is 0.273. The summed E-state index contributed by atoms with van der Waals surface area (Å²) in [6.07, 6.45) is 0. The molecular formula is C11H11BrF2N2O3. The minimum atomic E-state index is -1.22. The maximum absolute atomic E-state index is 13.7. The maximum atomic E-state index is 13.7. The average molecular weight is 337 g/mol. The van der Waals surface area contributed by atoms with Crippen LogP contribution in [0, 0.1) is 11.6 Å². The quantitative estimate of drug-likeness (QED) is 0.762. The molecule has 0 atom stereocenters. The number of primary amides is 1. The first-order valence-corrected chi connectivity index (χ1v) is 5.95. The summed E-state index contributed by atoms with van der Waals surface area (Å²) in [5, 5.41) is 8.68. The molecule has 0 bridgehead atoms. The van der Waals surface area contributed by atoms with Crippen LogP contribution in [0.25, 0.3) is 0 Å². The molecule has 5 nitrogen and oxygen atoms in total. The molecule has 0 saturated heterocycles. The van der Waals surface area contributed by atoms with Crippen molar-refractivity contribution < 1.29 is 23.5 Å². The molecule has 0 heterocycles. The normalized spacial score (nSPS) is 10.7. The molecule has 0 radical (unpaired) electrons. The number of hydrogen-bond acceptors (Lipinski definition) is 3. The molecule has 8 heteroatoms. The zero-order chi connectivity index (χ0) is 14.6. The standard InChI is InChI=1S/C11H11BrF2N2O3/c12-7-1-2-8(13)6(11(7)14)3-16(4-9(15)17)5-10(18)19/h1-2H,3-5H2,(H2,15,17)(H,18,19). The fourth-order valence-corrected chi connectivity index (χ4v) is 1.89. The van der Waals surface area contributed by atoms with Gasteiger partial charge >= 0.3 is 5.97 Å². The minimum absolute atomic E-state index is 0.0539. The van der Waals surface area contributed by atoms with Crippen LogP contribution < -0.4 is 5.73 Å². The number of nitrogens with two attached hydrogens (primary N) is 1. The van der Waals surface area contributed by atoms with Gasteiger partial charge in [-0.1, -0.05) is 0 Å². The van der Waals surface area contributed by atoms with Gasteiger partial charge in [-0.25, -0.2) is 8.78 Å². The lowest BCUT2D eigenvalue weighted by molar-refractivity contribution is -0.138. The van der Waals surface area contributed by atoms with E-state index in [-0.39, 0.29) is 16.6 Å². The number of carbonyl (C=O) groups is 2. The molecule has 1 aromatic rings. The van der Waals surface area contributed by atoms with E-state index in [9.17, 15) is 18.4 Å². The van der Waals surface area contributed by atoms with Crippen LogP contribution >= 0.6 is 15.9 Å². The van der Waals surface area contributed by atoms with E-state index in [0.717, 1.165) is 11.0 Å². The molecule has 0 unspecified atom stereocenters. The van der Waals surface area contributed by atoms with E-state index in [1.807, 2.05) is 0 Å². The Morgan fingerprint density at radius 2 is 1.95 bits per heavy atom. The zero-order valence-electron chi connectivity index (χ0n) is 9.70. The lowest BCUT2D eigenvalue weighted by atomic mass is 10.2. The van der Waals surface area contributed by atoms with Crippen LogP contribution in [0.15, 0.2) is 16.6 Å². The number of carboxylic acid groups (broad SMARTS) is 1. The molecule has 3 N–H and O–H groups in total. The van der Waals surface area contributed by atoms with Gasteiger partial charge in [0.1, 0.15) is 11.6 Å². The SMILES string of the molecule is NC(=O)CN(CC(=O)O)Cc1c(F)ccc(Br)c1F. The third kappa shape index (κ3) is 4.56. The highest BCUT2D eigenvalue weighted by atomic mass is 79.9. The van der Waals surface area contributed by atoms with Gasteiger partial charge in [-0.05, 0) is 28.1 Å². The summed E-state index contributed by atoms with van der Waals surface area (Å²) in [6, 6.07) is 2.25. The van der Waals surface area contributed by atoms with Crippen molar-refractivity contribution in [3.8, 4) is 0 Å². The molecule has 0 aliphatic carbocycles. The third-order valence-corrected chi connectivity index (χ3v) is 2.87. The Kier molecular flexibility index (Phi) is 5.37. The Labute approximate surface area is 116 Å². The van der Waals surface area contributed by atoms with Crippen molar-refractivity contribution in [1.29, 1.82) is 0 Å². The Hall–Kier alpha value is -1.54. The molecule has 1 amide bonds. The summed E-state index contributed by atoms with van der Waals surface area (Å²) < 4.78 is 27.3. The van der Waals surface area contributed by atoms with Gasteiger partial charge in [0.25, 0.3) is 0 Å². The van der Waals surface area contributed by atoms with Crippen molar-refractivity contribution in [2.75, 3.05) is 13.1 Å². The van der Waals surface area contributed by atoms with Crippen molar-refractivity contribution in [3.05, 3.63) is 33.8 Å². The summed E-state index contributed by atoms with van der Waals surface area (Å²) in [5.74, 6) is -3.66. The van der Waals surface area contributed by atoms with Gasteiger partial charge in [0.2, 0.25) is 5.91 Å². The predicted molar refractivity (Wildman–Crippen MR) is 66.2 cm³/mol. The molecule has 104 valence electrons. The third-order valence-electron chi connectivity index (χ3n) is 2.26. The van der Waals surface area contributed by atoms with E-state index >= 15 is 0 Å². The second-order valence-corrected chi connectivity index (χ2v) is 4.68. The smallest absolute Gasteiger partial charge is 0.317 e. The highest BCUT2D eigenvalue weighted by molar-refractivity contribution is 9.10. The Morgan fingerprint density at radius 1 is 1.32 bits per heavy atom. The van der Waals surface area contributed by atoms with Crippen LogP contribution in [0.4, 0.5) is 8.78 Å². The summed E-state index contributed by atoms with van der Waals surface area (Å²) in [4.78, 5) is 22.5. The number of amides is 1. The first kappa shape index (κ1) is 15.5. The largest absolute Gasteiger partial charge is 0.480 e. The number of halogens is 3. The van der Waals surface area contributed by atoms with Crippen LogP contribution in [-0.2, 0) is 16.1 Å². The van der Waals surface area contributed by atoms with E-state index in [1.54, 1.807) is 0 Å². The highest BCUT2D eigenvalue weighted by Gasteiger charge is 2.19. The molecule has 0 saturated carbocycles. The number of benzene rings is 1. The Morgan fingerprint density at radius 3 is 2.47 bits per heavy atom. The van der Waals surface area contributed by atoms with E-state index in [1.165, 1.54) is 6.07 Å². The Balaban J connectivity index is 2.98. The number of nitrogens with zero attached hydrogens (tertiary/aromatic N) is 1. The minimum Gasteiger partial charge on any atom is -0.480 e. The predicted octanol–water partition coefficient (Wildman–Crippen LogP) is 1.10. The fourth-order valence-electron chi connectivity index (χ4n) is 1.52. The van der Waals surface area contributed by atoms with Crippen LogP contribution in [0.1, 0.15) is 5.56 Å². The second kappa shape index (κ2) is 6.58. The monoisotopic (exact) mass is 336 g/mol. The highest BCUT2D eigenvalue weighted by Crippen LogP contribution is 2.22. The van der Waals surface area contributed by atoms with Gasteiger partial charge < -0.3 is 10.8 Å². The summed E-state index contributed by atoms with van der Waals surface area (Å²) in [6.45, 7) is -1.32. The number of hydrogen-bond donors (Lipinski definition) is 2. The van der Waals surface area contributed by atoms with Crippen molar-refractivity contribution in [2.24, 2.45) is 5.73 Å². The lowest BCUT2D eigenvalue weighted by Crippen LogP contribution is -2.37. The Bertz CT molecular complexity index is 495. The first-order chi connectivity index (χ1) is 8.81.